The average Bonchev–Trinajstić information content (AvgIpc) is 2.89. The fraction of sp³-hybridized carbons (Fsp3) is 0.312. The highest BCUT2D eigenvalue weighted by atomic mass is 32.1. The van der Waals surface area contributed by atoms with Crippen molar-refractivity contribution >= 4 is 17.1 Å². The molecule has 0 fully saturated rings. The molecule has 0 saturated carbocycles. The van der Waals surface area contributed by atoms with Crippen molar-refractivity contribution in [2.75, 3.05) is 13.1 Å². The Morgan fingerprint density at radius 2 is 2.05 bits per heavy atom. The van der Waals surface area contributed by atoms with Gasteiger partial charge in [0, 0.05) is 24.4 Å². The highest BCUT2D eigenvalue weighted by molar-refractivity contribution is 7.10. The maximum atomic E-state index is 12.8. The van der Waals surface area contributed by atoms with Crippen molar-refractivity contribution in [2.45, 2.75) is 19.4 Å². The topological polar surface area (TPSA) is 20.3 Å². The van der Waals surface area contributed by atoms with Gasteiger partial charge in [-0.15, -0.1) is 11.3 Å². The summed E-state index contributed by atoms with van der Waals surface area (Å²) in [4.78, 5) is 15.7. The van der Waals surface area contributed by atoms with E-state index in [0.717, 1.165) is 25.1 Å². The van der Waals surface area contributed by atoms with Crippen LogP contribution in [0.3, 0.4) is 0 Å². The molecule has 20 heavy (non-hydrogen) atoms. The van der Waals surface area contributed by atoms with Gasteiger partial charge in [0.25, 0.3) is 0 Å². The van der Waals surface area contributed by atoms with Gasteiger partial charge in [0.15, 0.2) is 5.78 Å². The lowest BCUT2D eigenvalue weighted by molar-refractivity contribution is -0.119. The second-order valence-corrected chi connectivity index (χ2v) is 6.17. The molecule has 1 aromatic carbocycles. The Bertz CT molecular complexity index is 605. The summed E-state index contributed by atoms with van der Waals surface area (Å²) in [6.45, 7) is 2.29. The number of hydrogen-bond donors (Lipinski definition) is 0. The van der Waals surface area contributed by atoms with Gasteiger partial charge in [-0.2, -0.15) is 0 Å². The van der Waals surface area contributed by atoms with Gasteiger partial charge in [0.1, 0.15) is 5.82 Å². The molecule has 0 unspecified atom stereocenters. The monoisotopic (exact) mass is 289 g/mol. The molecule has 0 amide bonds. The van der Waals surface area contributed by atoms with Gasteiger partial charge < -0.3 is 0 Å². The first-order chi connectivity index (χ1) is 9.70. The standard InChI is InChI=1S/C16H16FNOS/c17-14-3-1-12(2-4-14)9-15(19)11-18-7-5-16-13(10-18)6-8-20-16/h1-4,6,8H,5,7,9-11H2. The Labute approximate surface area is 121 Å². The van der Waals surface area contributed by atoms with E-state index in [-0.39, 0.29) is 11.6 Å². The minimum Gasteiger partial charge on any atom is -0.298 e. The van der Waals surface area contributed by atoms with Crippen LogP contribution in [0.15, 0.2) is 35.7 Å². The lowest BCUT2D eigenvalue weighted by atomic mass is 10.1. The molecule has 1 aliphatic rings. The van der Waals surface area contributed by atoms with E-state index in [0.29, 0.717) is 13.0 Å². The van der Waals surface area contributed by atoms with Gasteiger partial charge in [-0.05, 0) is 41.1 Å². The average molecular weight is 289 g/mol. The van der Waals surface area contributed by atoms with Crippen LogP contribution in [0.2, 0.25) is 0 Å². The smallest absolute Gasteiger partial charge is 0.151 e. The molecule has 3 rings (SSSR count). The van der Waals surface area contributed by atoms with Crippen molar-refractivity contribution in [2.24, 2.45) is 0 Å². The summed E-state index contributed by atoms with van der Waals surface area (Å²) in [5.41, 5.74) is 2.24. The Hall–Kier alpha value is -1.52. The van der Waals surface area contributed by atoms with Crippen LogP contribution >= 0.6 is 11.3 Å². The van der Waals surface area contributed by atoms with Crippen LogP contribution in [-0.4, -0.2) is 23.8 Å². The van der Waals surface area contributed by atoms with Gasteiger partial charge in [-0.3, -0.25) is 9.69 Å². The molecule has 2 nitrogen and oxygen atoms in total. The number of fused-ring (bicyclic) bond motifs is 1. The molecule has 1 aromatic heterocycles. The van der Waals surface area contributed by atoms with E-state index in [1.807, 2.05) is 0 Å². The number of nitrogens with zero attached hydrogens (tertiary/aromatic N) is 1. The molecule has 0 atom stereocenters. The Morgan fingerprint density at radius 3 is 2.85 bits per heavy atom. The predicted octanol–water partition coefficient (Wildman–Crippen LogP) is 3.06. The number of hydrogen-bond acceptors (Lipinski definition) is 3. The van der Waals surface area contributed by atoms with Gasteiger partial charge >= 0.3 is 0 Å². The first kappa shape index (κ1) is 13.5. The summed E-state index contributed by atoms with van der Waals surface area (Å²) in [6, 6.07) is 8.32. The van der Waals surface area contributed by atoms with E-state index < -0.39 is 0 Å². The Kier molecular flexibility index (Phi) is 3.94. The zero-order valence-electron chi connectivity index (χ0n) is 11.1. The van der Waals surface area contributed by atoms with Crippen LogP contribution in [0.25, 0.3) is 0 Å². The molecule has 0 radical (unpaired) electrons. The molecule has 1 aliphatic heterocycles. The number of thiophene rings is 1. The number of carbonyl (C=O) groups excluding carboxylic acids is 1. The number of halogens is 1. The van der Waals surface area contributed by atoms with Gasteiger partial charge in [0.05, 0.1) is 6.54 Å². The fourth-order valence-electron chi connectivity index (χ4n) is 2.58. The van der Waals surface area contributed by atoms with Crippen LogP contribution in [0.4, 0.5) is 4.39 Å². The summed E-state index contributed by atoms with van der Waals surface area (Å²) >= 11 is 1.80. The number of ketones is 1. The summed E-state index contributed by atoms with van der Waals surface area (Å²) in [7, 11) is 0. The highest BCUT2D eigenvalue weighted by Crippen LogP contribution is 2.23. The lowest BCUT2D eigenvalue weighted by Gasteiger charge is -2.26. The zero-order valence-corrected chi connectivity index (χ0v) is 12.0. The van der Waals surface area contributed by atoms with Crippen LogP contribution in [0.1, 0.15) is 16.0 Å². The Morgan fingerprint density at radius 1 is 1.25 bits per heavy atom. The number of rotatable bonds is 4. The molecule has 0 bridgehead atoms. The molecule has 0 spiro atoms. The first-order valence-electron chi connectivity index (χ1n) is 6.74. The van der Waals surface area contributed by atoms with E-state index in [2.05, 4.69) is 16.3 Å². The summed E-state index contributed by atoms with van der Waals surface area (Å²) in [6.07, 6.45) is 1.42. The molecule has 2 aromatic rings. The molecule has 0 aliphatic carbocycles. The van der Waals surface area contributed by atoms with Crippen molar-refractivity contribution in [1.29, 1.82) is 0 Å². The predicted molar refractivity (Wildman–Crippen MR) is 78.4 cm³/mol. The minimum absolute atomic E-state index is 0.190. The quantitative estimate of drug-likeness (QED) is 0.862. The normalized spacial score (nSPS) is 15.1. The maximum Gasteiger partial charge on any atom is 0.151 e. The molecule has 104 valence electrons. The second-order valence-electron chi connectivity index (χ2n) is 5.17. The van der Waals surface area contributed by atoms with Crippen LogP contribution in [0.5, 0.6) is 0 Å². The van der Waals surface area contributed by atoms with E-state index in [1.54, 1.807) is 23.5 Å². The van der Waals surface area contributed by atoms with Gasteiger partial charge in [-0.1, -0.05) is 12.1 Å². The molecule has 0 saturated heterocycles. The van der Waals surface area contributed by atoms with Crippen molar-refractivity contribution in [3.8, 4) is 0 Å². The minimum atomic E-state index is -0.262. The molecular formula is C16H16FNOS. The van der Waals surface area contributed by atoms with Gasteiger partial charge in [-0.25, -0.2) is 4.39 Å². The van der Waals surface area contributed by atoms with Crippen molar-refractivity contribution < 1.29 is 9.18 Å². The van der Waals surface area contributed by atoms with Crippen molar-refractivity contribution in [3.05, 3.63) is 57.5 Å². The van der Waals surface area contributed by atoms with E-state index in [9.17, 15) is 9.18 Å². The SMILES string of the molecule is O=C(Cc1ccc(F)cc1)CN1CCc2sccc2C1. The summed E-state index contributed by atoms with van der Waals surface area (Å²) in [5, 5.41) is 2.12. The van der Waals surface area contributed by atoms with E-state index in [1.165, 1.54) is 22.6 Å². The van der Waals surface area contributed by atoms with Gasteiger partial charge in [0.2, 0.25) is 0 Å². The zero-order chi connectivity index (χ0) is 13.9. The van der Waals surface area contributed by atoms with Crippen LogP contribution in [-0.2, 0) is 24.2 Å². The summed E-state index contributed by atoms with van der Waals surface area (Å²) in [5.74, 6) is -0.0718. The number of benzene rings is 1. The lowest BCUT2D eigenvalue weighted by Crippen LogP contribution is -2.34. The highest BCUT2D eigenvalue weighted by Gasteiger charge is 2.19. The third-order valence-electron chi connectivity index (χ3n) is 3.60. The van der Waals surface area contributed by atoms with Crippen molar-refractivity contribution in [1.82, 2.24) is 4.90 Å². The third-order valence-corrected chi connectivity index (χ3v) is 4.62. The fourth-order valence-corrected chi connectivity index (χ4v) is 3.47. The van der Waals surface area contributed by atoms with E-state index >= 15 is 0 Å². The second kappa shape index (κ2) is 5.85. The molecule has 4 heteroatoms. The largest absolute Gasteiger partial charge is 0.298 e. The first-order valence-corrected chi connectivity index (χ1v) is 7.62. The van der Waals surface area contributed by atoms with Crippen molar-refractivity contribution in [3.63, 3.8) is 0 Å². The Balaban J connectivity index is 1.56. The maximum absolute atomic E-state index is 12.8. The molecular weight excluding hydrogens is 273 g/mol. The van der Waals surface area contributed by atoms with Crippen LogP contribution in [0, 0.1) is 5.82 Å². The van der Waals surface area contributed by atoms with Crippen LogP contribution < -0.4 is 0 Å². The third kappa shape index (κ3) is 3.14. The number of Topliss-reactive ketones (excluding diaryl/α,β-unsaturated/α-hetero) is 1. The van der Waals surface area contributed by atoms with E-state index in [4.69, 9.17) is 0 Å². The molecule has 2 heterocycles. The number of carbonyl (C=O) groups is 1. The molecule has 0 N–H and O–H groups in total. The summed E-state index contributed by atoms with van der Waals surface area (Å²) < 4.78 is 12.8.